The molecule has 2 aromatic carbocycles. The Morgan fingerprint density at radius 2 is 2.08 bits per heavy atom. The number of carboxylic acid groups (broad SMARTS) is 1. The van der Waals surface area contributed by atoms with Gasteiger partial charge in [-0.15, -0.1) is 0 Å². The second-order valence-electron chi connectivity index (χ2n) is 10.1. The summed E-state index contributed by atoms with van der Waals surface area (Å²) in [6.07, 6.45) is 4.73. The number of hydrogen-bond acceptors (Lipinski definition) is 4. The van der Waals surface area contributed by atoms with Crippen molar-refractivity contribution in [2.45, 2.75) is 51.6 Å². The number of carboxylic acids is 1. The van der Waals surface area contributed by atoms with E-state index in [1.807, 2.05) is 18.2 Å². The SMILES string of the molecule is COc1ccc2nccc([C@@H](F)CC[C@@H]3CCN(CCCc4cccc(C)c4)C[C@@H]3CC(=O)O)c2c1. The maximum absolute atomic E-state index is 15.5. The zero-order valence-electron chi connectivity index (χ0n) is 21.3. The quantitative estimate of drug-likeness (QED) is 0.336. The first kappa shape index (κ1) is 26.1. The molecule has 1 aromatic heterocycles. The second-order valence-corrected chi connectivity index (χ2v) is 10.1. The smallest absolute Gasteiger partial charge is 0.303 e. The molecule has 36 heavy (non-hydrogen) atoms. The van der Waals surface area contributed by atoms with Gasteiger partial charge in [0.25, 0.3) is 0 Å². The van der Waals surface area contributed by atoms with E-state index in [0.717, 1.165) is 49.8 Å². The highest BCUT2D eigenvalue weighted by Gasteiger charge is 2.31. The maximum atomic E-state index is 15.5. The molecule has 1 aliphatic heterocycles. The lowest BCUT2D eigenvalue weighted by Gasteiger charge is -2.38. The van der Waals surface area contributed by atoms with Crippen LogP contribution in [0.5, 0.6) is 5.75 Å². The van der Waals surface area contributed by atoms with Crippen molar-refractivity contribution >= 4 is 16.9 Å². The molecule has 4 rings (SSSR count). The Bertz CT molecular complexity index is 1170. The molecule has 0 aliphatic carbocycles. The molecule has 2 heterocycles. The Balaban J connectivity index is 1.34. The minimum Gasteiger partial charge on any atom is -0.497 e. The van der Waals surface area contributed by atoms with Crippen molar-refractivity contribution in [1.29, 1.82) is 0 Å². The molecule has 1 N–H and O–H groups in total. The average molecular weight is 493 g/mol. The minimum absolute atomic E-state index is 0.0525. The monoisotopic (exact) mass is 492 g/mol. The zero-order chi connectivity index (χ0) is 25.5. The predicted molar refractivity (Wildman–Crippen MR) is 141 cm³/mol. The molecule has 5 nitrogen and oxygen atoms in total. The fourth-order valence-corrected chi connectivity index (χ4v) is 5.63. The summed E-state index contributed by atoms with van der Waals surface area (Å²) in [4.78, 5) is 18.4. The number of methoxy groups -OCH3 is 1. The number of aliphatic carboxylic acids is 1. The lowest BCUT2D eigenvalue weighted by molar-refractivity contribution is -0.139. The van der Waals surface area contributed by atoms with Crippen LogP contribution in [-0.2, 0) is 11.2 Å². The number of halogens is 1. The third-order valence-corrected chi connectivity index (χ3v) is 7.55. The van der Waals surface area contributed by atoms with Crippen molar-refractivity contribution in [3.05, 3.63) is 71.4 Å². The van der Waals surface area contributed by atoms with Crippen molar-refractivity contribution in [2.75, 3.05) is 26.7 Å². The Morgan fingerprint density at radius 1 is 1.22 bits per heavy atom. The molecule has 1 aliphatic rings. The number of hydrogen-bond donors (Lipinski definition) is 1. The fraction of sp³-hybridized carbons (Fsp3) is 0.467. The van der Waals surface area contributed by atoms with E-state index in [9.17, 15) is 9.90 Å². The molecule has 6 heteroatoms. The summed E-state index contributed by atoms with van der Waals surface area (Å²) in [5.74, 6) is 0.183. The highest BCUT2D eigenvalue weighted by atomic mass is 19.1. The topological polar surface area (TPSA) is 62.7 Å². The number of aryl methyl sites for hydroxylation is 2. The van der Waals surface area contributed by atoms with Gasteiger partial charge in [-0.1, -0.05) is 29.8 Å². The van der Waals surface area contributed by atoms with Crippen LogP contribution in [0.3, 0.4) is 0 Å². The number of aromatic nitrogens is 1. The van der Waals surface area contributed by atoms with Gasteiger partial charge in [0, 0.05) is 24.5 Å². The van der Waals surface area contributed by atoms with Crippen LogP contribution in [0.4, 0.5) is 4.39 Å². The molecule has 192 valence electrons. The number of rotatable bonds is 11. The van der Waals surface area contributed by atoms with E-state index in [4.69, 9.17) is 4.74 Å². The molecule has 3 aromatic rings. The van der Waals surface area contributed by atoms with Gasteiger partial charge in [-0.25, -0.2) is 4.39 Å². The molecule has 0 spiro atoms. The van der Waals surface area contributed by atoms with E-state index < -0.39 is 12.1 Å². The summed E-state index contributed by atoms with van der Waals surface area (Å²) >= 11 is 0. The lowest BCUT2D eigenvalue weighted by Crippen LogP contribution is -2.42. The van der Waals surface area contributed by atoms with Crippen LogP contribution < -0.4 is 4.74 Å². The van der Waals surface area contributed by atoms with Gasteiger partial charge < -0.3 is 14.7 Å². The van der Waals surface area contributed by atoms with Crippen molar-refractivity contribution < 1.29 is 19.0 Å². The number of nitrogens with zero attached hydrogens (tertiary/aromatic N) is 2. The molecule has 0 bridgehead atoms. The van der Waals surface area contributed by atoms with Crippen molar-refractivity contribution in [3.8, 4) is 5.75 Å². The van der Waals surface area contributed by atoms with Crippen molar-refractivity contribution in [3.63, 3.8) is 0 Å². The van der Waals surface area contributed by atoms with Gasteiger partial charge in [-0.05, 0) is 99.3 Å². The Kier molecular flexibility index (Phi) is 8.92. The number of pyridine rings is 1. The number of carbonyl (C=O) groups is 1. The first-order chi connectivity index (χ1) is 17.4. The molecule has 0 amide bonds. The van der Waals surface area contributed by atoms with Gasteiger partial charge >= 0.3 is 5.97 Å². The highest BCUT2D eigenvalue weighted by molar-refractivity contribution is 5.83. The van der Waals surface area contributed by atoms with E-state index in [1.165, 1.54) is 11.1 Å². The summed E-state index contributed by atoms with van der Waals surface area (Å²) in [7, 11) is 1.60. The van der Waals surface area contributed by atoms with E-state index in [-0.39, 0.29) is 18.3 Å². The molecule has 3 atom stereocenters. The van der Waals surface area contributed by atoms with Crippen LogP contribution in [0.25, 0.3) is 10.9 Å². The third-order valence-electron chi connectivity index (χ3n) is 7.55. The largest absolute Gasteiger partial charge is 0.497 e. The first-order valence-electron chi connectivity index (χ1n) is 13.0. The van der Waals surface area contributed by atoms with Crippen LogP contribution in [0.2, 0.25) is 0 Å². The first-order valence-corrected chi connectivity index (χ1v) is 13.0. The number of alkyl halides is 1. The summed E-state index contributed by atoms with van der Waals surface area (Å²) in [5.41, 5.74) is 4.00. The van der Waals surface area contributed by atoms with E-state index in [2.05, 4.69) is 41.1 Å². The highest BCUT2D eigenvalue weighted by Crippen LogP contribution is 2.36. The van der Waals surface area contributed by atoms with Crippen LogP contribution >= 0.6 is 0 Å². The van der Waals surface area contributed by atoms with Crippen molar-refractivity contribution in [1.82, 2.24) is 9.88 Å². The van der Waals surface area contributed by atoms with Gasteiger partial charge in [0.15, 0.2) is 0 Å². The minimum atomic E-state index is -1.12. The number of benzene rings is 2. The fourth-order valence-electron chi connectivity index (χ4n) is 5.63. The molecular formula is C30H37FN2O3. The number of fused-ring (bicyclic) bond motifs is 1. The molecular weight excluding hydrogens is 455 g/mol. The molecule has 0 radical (unpaired) electrons. The zero-order valence-corrected chi connectivity index (χ0v) is 21.3. The van der Waals surface area contributed by atoms with Gasteiger partial charge in [-0.2, -0.15) is 0 Å². The predicted octanol–water partition coefficient (Wildman–Crippen LogP) is 6.39. The normalized spacial score (nSPS) is 19.3. The molecule has 0 saturated carbocycles. The second kappa shape index (κ2) is 12.3. The molecule has 1 saturated heterocycles. The van der Waals surface area contributed by atoms with Crippen LogP contribution in [0.1, 0.15) is 55.0 Å². The lowest BCUT2D eigenvalue weighted by atomic mass is 9.79. The summed E-state index contributed by atoms with van der Waals surface area (Å²) in [6.45, 7) is 4.80. The average Bonchev–Trinajstić information content (AvgIpc) is 2.87. The van der Waals surface area contributed by atoms with Gasteiger partial charge in [-0.3, -0.25) is 9.78 Å². The summed E-state index contributed by atoms with van der Waals surface area (Å²) in [5, 5.41) is 10.3. The third kappa shape index (κ3) is 6.82. The summed E-state index contributed by atoms with van der Waals surface area (Å²) in [6, 6.07) is 15.9. The van der Waals surface area contributed by atoms with Gasteiger partial charge in [0.05, 0.1) is 12.6 Å². The van der Waals surface area contributed by atoms with Crippen LogP contribution in [-0.4, -0.2) is 47.7 Å². The Morgan fingerprint density at radius 3 is 2.86 bits per heavy atom. The Hall–Kier alpha value is -2.99. The van der Waals surface area contributed by atoms with Crippen LogP contribution in [0, 0.1) is 18.8 Å². The van der Waals surface area contributed by atoms with E-state index in [0.29, 0.717) is 24.2 Å². The number of piperidine rings is 1. The van der Waals surface area contributed by atoms with Crippen molar-refractivity contribution in [2.24, 2.45) is 11.8 Å². The van der Waals surface area contributed by atoms with Gasteiger partial charge in [0.1, 0.15) is 11.9 Å². The number of likely N-dealkylation sites (tertiary alicyclic amines) is 1. The Labute approximate surface area is 213 Å². The maximum Gasteiger partial charge on any atom is 0.303 e. The molecule has 1 fully saturated rings. The standard InChI is InChI=1S/C30H37FN2O3/c1-21-5-3-6-22(17-21)7-4-15-33-16-13-23(24(20-33)18-30(34)35)8-10-28(31)26-12-14-32-29-11-9-25(36-2)19-27(26)29/h3,5-6,9,11-12,14,17,19,23-24,28H,4,7-8,10,13,15-16,18,20H2,1-2H3,(H,34,35)/t23-,24+,28+/m1/s1. The van der Waals surface area contributed by atoms with E-state index >= 15 is 4.39 Å². The van der Waals surface area contributed by atoms with Crippen LogP contribution in [0.15, 0.2) is 54.7 Å². The summed E-state index contributed by atoms with van der Waals surface area (Å²) < 4.78 is 20.8. The van der Waals surface area contributed by atoms with Gasteiger partial charge in [0.2, 0.25) is 0 Å². The number of ether oxygens (including phenoxy) is 1. The van der Waals surface area contributed by atoms with E-state index in [1.54, 1.807) is 19.4 Å². The molecule has 0 unspecified atom stereocenters.